The number of benzene rings is 2. The van der Waals surface area contributed by atoms with E-state index >= 15 is 0 Å². The molecule has 0 radical (unpaired) electrons. The van der Waals surface area contributed by atoms with Gasteiger partial charge in [-0.05, 0) is 30.7 Å². The molecule has 0 bridgehead atoms. The minimum absolute atomic E-state index is 0.170. The Labute approximate surface area is 133 Å². The van der Waals surface area contributed by atoms with Crippen molar-refractivity contribution in [1.29, 1.82) is 0 Å². The van der Waals surface area contributed by atoms with Crippen molar-refractivity contribution in [3.05, 3.63) is 63.1 Å². The van der Waals surface area contributed by atoms with E-state index in [1.165, 1.54) is 0 Å². The van der Waals surface area contributed by atoms with Crippen LogP contribution < -0.4 is 10.6 Å². The lowest BCUT2D eigenvalue weighted by molar-refractivity contribution is 0.734. The minimum Gasteiger partial charge on any atom is -0.367 e. The van der Waals surface area contributed by atoms with Gasteiger partial charge in [-0.25, -0.2) is 0 Å². The fourth-order valence-electron chi connectivity index (χ4n) is 2.31. The number of rotatable bonds is 4. The summed E-state index contributed by atoms with van der Waals surface area (Å²) in [6.45, 7) is 2.64. The molecule has 2 aromatic carbocycles. The highest BCUT2D eigenvalue weighted by Gasteiger charge is 2.17. The van der Waals surface area contributed by atoms with Crippen LogP contribution in [0.15, 0.2) is 46.9 Å². The third-order valence-corrected chi connectivity index (χ3v) is 4.70. The van der Waals surface area contributed by atoms with Gasteiger partial charge in [-0.15, -0.1) is 0 Å². The maximum absolute atomic E-state index is 6.29. The van der Waals surface area contributed by atoms with Crippen molar-refractivity contribution in [1.82, 2.24) is 0 Å². The van der Waals surface area contributed by atoms with Crippen LogP contribution in [0.3, 0.4) is 0 Å². The van der Waals surface area contributed by atoms with Gasteiger partial charge in [0, 0.05) is 34.3 Å². The fraction of sp³-hybridized carbons (Fsp3) is 0.250. The molecule has 4 heteroatoms. The van der Waals surface area contributed by atoms with Crippen LogP contribution in [0, 0.1) is 0 Å². The third kappa shape index (κ3) is 3.00. The van der Waals surface area contributed by atoms with Crippen LogP contribution >= 0.6 is 27.5 Å². The van der Waals surface area contributed by atoms with Crippen LogP contribution in [-0.2, 0) is 6.54 Å². The molecule has 0 heterocycles. The predicted molar refractivity (Wildman–Crippen MR) is 90.3 cm³/mol. The maximum atomic E-state index is 6.29. The summed E-state index contributed by atoms with van der Waals surface area (Å²) >= 11 is 9.86. The lowest BCUT2D eigenvalue weighted by Gasteiger charge is -2.30. The molecule has 0 amide bonds. The van der Waals surface area contributed by atoms with Crippen molar-refractivity contribution in [3.63, 3.8) is 0 Å². The normalized spacial score (nSPS) is 12.2. The summed E-state index contributed by atoms with van der Waals surface area (Å²) in [5.41, 5.74) is 9.21. The van der Waals surface area contributed by atoms with Gasteiger partial charge in [0.15, 0.2) is 0 Å². The molecule has 20 heavy (non-hydrogen) atoms. The molecular formula is C16H18BrClN2. The molecule has 0 aliphatic heterocycles. The van der Waals surface area contributed by atoms with Gasteiger partial charge < -0.3 is 10.6 Å². The summed E-state index contributed by atoms with van der Waals surface area (Å²) in [5.74, 6) is 0. The van der Waals surface area contributed by atoms with Gasteiger partial charge in [-0.3, -0.25) is 0 Å². The summed E-state index contributed by atoms with van der Waals surface area (Å²) in [7, 11) is 2.06. The molecule has 0 spiro atoms. The van der Waals surface area contributed by atoms with Gasteiger partial charge in [-0.1, -0.05) is 51.8 Å². The summed E-state index contributed by atoms with van der Waals surface area (Å²) in [6.07, 6.45) is 0. The van der Waals surface area contributed by atoms with E-state index in [9.17, 15) is 0 Å². The SMILES string of the molecule is CC(c1ccccc1Cl)N(C)c1cccc(Br)c1CN. The summed E-state index contributed by atoms with van der Waals surface area (Å²) in [5, 5.41) is 0.788. The predicted octanol–water partition coefficient (Wildman–Crippen LogP) is 4.76. The summed E-state index contributed by atoms with van der Waals surface area (Å²) in [4.78, 5) is 2.20. The monoisotopic (exact) mass is 352 g/mol. The van der Waals surface area contributed by atoms with Crippen molar-refractivity contribution < 1.29 is 0 Å². The number of nitrogens with two attached hydrogens (primary N) is 1. The third-order valence-electron chi connectivity index (χ3n) is 3.61. The first kappa shape index (κ1) is 15.4. The van der Waals surface area contributed by atoms with E-state index in [0.29, 0.717) is 6.54 Å². The second kappa shape index (κ2) is 6.61. The van der Waals surface area contributed by atoms with E-state index in [1.54, 1.807) is 0 Å². The first-order valence-corrected chi connectivity index (χ1v) is 7.68. The van der Waals surface area contributed by atoms with Crippen molar-refractivity contribution in [2.75, 3.05) is 11.9 Å². The summed E-state index contributed by atoms with van der Waals surface area (Å²) in [6, 6.07) is 14.2. The smallest absolute Gasteiger partial charge is 0.0525 e. The van der Waals surface area contributed by atoms with E-state index in [1.807, 2.05) is 30.3 Å². The Morgan fingerprint density at radius 2 is 1.90 bits per heavy atom. The molecular weight excluding hydrogens is 336 g/mol. The molecule has 0 aliphatic rings. The van der Waals surface area contributed by atoms with Crippen molar-refractivity contribution in [2.45, 2.75) is 19.5 Å². The molecule has 0 fully saturated rings. The Morgan fingerprint density at radius 1 is 1.20 bits per heavy atom. The van der Waals surface area contributed by atoms with E-state index in [4.69, 9.17) is 17.3 Å². The first-order valence-electron chi connectivity index (χ1n) is 6.51. The average molecular weight is 354 g/mol. The van der Waals surface area contributed by atoms with Crippen LogP contribution in [-0.4, -0.2) is 7.05 Å². The molecule has 1 atom stereocenters. The molecule has 106 valence electrons. The minimum atomic E-state index is 0.170. The van der Waals surface area contributed by atoms with Gasteiger partial charge in [0.25, 0.3) is 0 Å². The lowest BCUT2D eigenvalue weighted by atomic mass is 10.0. The number of halogens is 2. The lowest BCUT2D eigenvalue weighted by Crippen LogP contribution is -2.23. The van der Waals surface area contributed by atoms with Crippen LogP contribution in [0.1, 0.15) is 24.1 Å². The summed E-state index contributed by atoms with van der Waals surface area (Å²) < 4.78 is 1.04. The number of nitrogens with zero attached hydrogens (tertiary/aromatic N) is 1. The van der Waals surface area contributed by atoms with Gasteiger partial charge in [0.05, 0.1) is 6.04 Å². The largest absolute Gasteiger partial charge is 0.367 e. The molecule has 2 aromatic rings. The Hall–Kier alpha value is -1.03. The Bertz CT molecular complexity index is 601. The quantitative estimate of drug-likeness (QED) is 0.858. The fourth-order valence-corrected chi connectivity index (χ4v) is 3.12. The van der Waals surface area contributed by atoms with Gasteiger partial charge in [-0.2, -0.15) is 0 Å². The zero-order valence-corrected chi connectivity index (χ0v) is 13.9. The van der Waals surface area contributed by atoms with Crippen LogP contribution in [0.25, 0.3) is 0 Å². The van der Waals surface area contributed by atoms with Gasteiger partial charge in [0.1, 0.15) is 0 Å². The number of hydrogen-bond acceptors (Lipinski definition) is 2. The first-order chi connectivity index (χ1) is 9.56. The highest BCUT2D eigenvalue weighted by Crippen LogP contribution is 2.34. The van der Waals surface area contributed by atoms with Crippen molar-refractivity contribution >= 4 is 33.2 Å². The van der Waals surface area contributed by atoms with Crippen molar-refractivity contribution in [3.8, 4) is 0 Å². The molecule has 2 rings (SSSR count). The van der Waals surface area contributed by atoms with Crippen LogP contribution in [0.4, 0.5) is 5.69 Å². The van der Waals surface area contributed by atoms with E-state index < -0.39 is 0 Å². The van der Waals surface area contributed by atoms with E-state index in [-0.39, 0.29) is 6.04 Å². The molecule has 2 N–H and O–H groups in total. The number of hydrogen-bond donors (Lipinski definition) is 1. The molecule has 0 aliphatic carbocycles. The van der Waals surface area contributed by atoms with E-state index in [2.05, 4.69) is 46.9 Å². The van der Waals surface area contributed by atoms with E-state index in [0.717, 1.165) is 26.3 Å². The average Bonchev–Trinajstić information content (AvgIpc) is 2.46. The van der Waals surface area contributed by atoms with Crippen LogP contribution in [0.5, 0.6) is 0 Å². The second-order valence-corrected chi connectivity index (χ2v) is 6.01. The Balaban J connectivity index is 2.39. The Kier molecular flexibility index (Phi) is 5.08. The zero-order chi connectivity index (χ0) is 14.7. The highest BCUT2D eigenvalue weighted by atomic mass is 79.9. The molecule has 0 saturated heterocycles. The Morgan fingerprint density at radius 3 is 2.55 bits per heavy atom. The topological polar surface area (TPSA) is 29.3 Å². The standard InChI is InChI=1S/C16H18BrClN2/c1-11(12-6-3-4-8-15(12)18)20(2)16-9-5-7-14(17)13(16)10-19/h3-9,11H,10,19H2,1-2H3. The molecule has 0 saturated carbocycles. The molecule has 0 aromatic heterocycles. The van der Waals surface area contributed by atoms with Gasteiger partial charge >= 0.3 is 0 Å². The molecule has 2 nitrogen and oxygen atoms in total. The maximum Gasteiger partial charge on any atom is 0.0525 e. The zero-order valence-electron chi connectivity index (χ0n) is 11.6. The second-order valence-electron chi connectivity index (χ2n) is 4.75. The molecule has 1 unspecified atom stereocenters. The highest BCUT2D eigenvalue weighted by molar-refractivity contribution is 9.10. The van der Waals surface area contributed by atoms with Gasteiger partial charge in [0.2, 0.25) is 0 Å². The van der Waals surface area contributed by atoms with Crippen LogP contribution in [0.2, 0.25) is 5.02 Å². The number of anilines is 1. The van der Waals surface area contributed by atoms with Crippen molar-refractivity contribution in [2.24, 2.45) is 5.73 Å².